The second-order valence-corrected chi connectivity index (χ2v) is 8.43. The lowest BCUT2D eigenvalue weighted by molar-refractivity contribution is -0.115. The van der Waals surface area contributed by atoms with Gasteiger partial charge in [-0.3, -0.25) is 4.79 Å². The summed E-state index contributed by atoms with van der Waals surface area (Å²) < 4.78 is 0. The van der Waals surface area contributed by atoms with E-state index in [9.17, 15) is 14.7 Å². The molecule has 0 radical (unpaired) electrons. The van der Waals surface area contributed by atoms with E-state index in [0.29, 0.717) is 11.6 Å². The van der Waals surface area contributed by atoms with Crippen molar-refractivity contribution in [1.29, 1.82) is 0 Å². The molecule has 1 N–H and O–H groups in total. The van der Waals surface area contributed by atoms with E-state index in [-0.39, 0.29) is 24.3 Å². The maximum Gasteiger partial charge on any atom is 0.348 e. The number of anilines is 1. The molecule has 1 atom stereocenters. The average molecular weight is 400 g/mol. The van der Waals surface area contributed by atoms with Crippen molar-refractivity contribution in [3.8, 4) is 10.4 Å². The average Bonchev–Trinajstić information content (AvgIpc) is 3.08. The minimum absolute atomic E-state index is 0. The van der Waals surface area contributed by atoms with Gasteiger partial charge in [0, 0.05) is 16.5 Å². The highest BCUT2D eigenvalue weighted by Crippen LogP contribution is 2.39. The van der Waals surface area contributed by atoms with Gasteiger partial charge < -0.3 is 10.0 Å². The number of amides is 1. The highest BCUT2D eigenvalue weighted by molar-refractivity contribution is 7.18. The fraction of sp³-hybridized carbons (Fsp3) is 0.391. The molecule has 28 heavy (non-hydrogen) atoms. The molecule has 1 heterocycles. The molecule has 3 rings (SSSR count). The van der Waals surface area contributed by atoms with Gasteiger partial charge in [-0.15, -0.1) is 11.3 Å². The van der Waals surface area contributed by atoms with Crippen LogP contribution in [0, 0.1) is 5.92 Å². The zero-order valence-corrected chi connectivity index (χ0v) is 16.8. The lowest BCUT2D eigenvalue weighted by Gasteiger charge is -2.29. The van der Waals surface area contributed by atoms with Crippen LogP contribution >= 0.6 is 11.3 Å². The quantitative estimate of drug-likeness (QED) is 0.647. The van der Waals surface area contributed by atoms with Gasteiger partial charge in [0.1, 0.15) is 4.88 Å². The van der Waals surface area contributed by atoms with Crippen molar-refractivity contribution in [3.05, 3.63) is 52.9 Å². The number of nitrogens with zero attached hydrogens (tertiary/aromatic N) is 1. The van der Waals surface area contributed by atoms with Crippen molar-refractivity contribution in [2.24, 2.45) is 5.92 Å². The number of carboxylic acids is 1. The summed E-state index contributed by atoms with van der Waals surface area (Å²) in [6, 6.07) is 11.4. The Labute approximate surface area is 171 Å². The van der Waals surface area contributed by atoms with E-state index in [1.807, 2.05) is 56.3 Å². The molecule has 0 unspecified atom stereocenters. The summed E-state index contributed by atoms with van der Waals surface area (Å²) in [5, 5.41) is 9.74. The number of hydrogen-bond donors (Lipinski definition) is 1. The number of carbonyl (C=O) groups is 2. The van der Waals surface area contributed by atoms with Crippen LogP contribution in [-0.4, -0.2) is 23.0 Å². The first kappa shape index (κ1) is 21.9. The normalized spacial score (nSPS) is 16.3. The number of carboxylic acid groups (broad SMARTS) is 1. The summed E-state index contributed by atoms with van der Waals surface area (Å²) in [7, 11) is 0. The fourth-order valence-electron chi connectivity index (χ4n) is 3.39. The minimum Gasteiger partial charge on any atom is -0.477 e. The van der Waals surface area contributed by atoms with E-state index >= 15 is 0 Å². The Morgan fingerprint density at radius 3 is 2.43 bits per heavy atom. The molecule has 0 bridgehead atoms. The zero-order chi connectivity index (χ0) is 19.6. The first-order valence-electron chi connectivity index (χ1n) is 9.33. The van der Waals surface area contributed by atoms with Gasteiger partial charge in [-0.05, 0) is 50.7 Å². The molecule has 1 amide bonds. The van der Waals surface area contributed by atoms with E-state index in [0.717, 1.165) is 35.3 Å². The minimum atomic E-state index is -0.998. The monoisotopic (exact) mass is 399 g/mol. The number of rotatable bonds is 5. The number of aromatic carboxylic acids is 1. The van der Waals surface area contributed by atoms with Crippen LogP contribution in [0.4, 0.5) is 5.69 Å². The molecule has 1 aromatic carbocycles. The predicted octanol–water partition coefficient (Wildman–Crippen LogP) is 6.24. The third-order valence-corrected chi connectivity index (χ3v) is 6.07. The molecule has 2 aromatic rings. The first-order valence-corrected chi connectivity index (χ1v) is 10.1. The molecule has 150 valence electrons. The van der Waals surface area contributed by atoms with Gasteiger partial charge in [-0.25, -0.2) is 4.79 Å². The van der Waals surface area contributed by atoms with E-state index in [4.69, 9.17) is 0 Å². The van der Waals surface area contributed by atoms with Gasteiger partial charge in [0.25, 0.3) is 5.91 Å². The van der Waals surface area contributed by atoms with E-state index in [1.54, 1.807) is 4.90 Å². The van der Waals surface area contributed by atoms with Crippen molar-refractivity contribution in [3.63, 3.8) is 0 Å². The highest BCUT2D eigenvalue weighted by atomic mass is 32.1. The smallest absolute Gasteiger partial charge is 0.348 e. The van der Waals surface area contributed by atoms with Crippen LogP contribution in [0.1, 0.15) is 57.1 Å². The predicted molar refractivity (Wildman–Crippen MR) is 117 cm³/mol. The maximum absolute atomic E-state index is 13.2. The van der Waals surface area contributed by atoms with E-state index < -0.39 is 5.97 Å². The van der Waals surface area contributed by atoms with Crippen LogP contribution in [0.25, 0.3) is 10.4 Å². The summed E-state index contributed by atoms with van der Waals surface area (Å²) in [4.78, 5) is 27.8. The summed E-state index contributed by atoms with van der Waals surface area (Å²) in [5.41, 5.74) is 2.24. The first-order chi connectivity index (χ1) is 12.9. The molecule has 1 aliphatic rings. The number of allylic oxidation sites excluding steroid dienone is 1. The van der Waals surface area contributed by atoms with Gasteiger partial charge in [0.05, 0.1) is 5.69 Å². The van der Waals surface area contributed by atoms with E-state index in [1.165, 1.54) is 11.3 Å². The van der Waals surface area contributed by atoms with Gasteiger partial charge in [-0.1, -0.05) is 50.8 Å². The Morgan fingerprint density at radius 1 is 1.21 bits per heavy atom. The van der Waals surface area contributed by atoms with Gasteiger partial charge >= 0.3 is 5.97 Å². The Balaban J connectivity index is 0.00000280. The standard InChI is InChI=1S/C22H25NO3S.CH4/c1-14(2)23(21(24)17-11-9-15(3)10-12-17)18-13-19(27-20(18)22(25)26)16-7-5-4-6-8-16;/h4-8,11,13-15H,9-10,12H2,1-3H3,(H,25,26);1H4/t15-;/m1./s1. The van der Waals surface area contributed by atoms with Crippen LogP contribution < -0.4 is 4.90 Å². The Bertz CT molecular complexity index is 867. The van der Waals surface area contributed by atoms with E-state index in [2.05, 4.69) is 6.92 Å². The summed E-state index contributed by atoms with van der Waals surface area (Å²) >= 11 is 1.22. The highest BCUT2D eigenvalue weighted by Gasteiger charge is 2.30. The second-order valence-electron chi connectivity index (χ2n) is 7.37. The lowest BCUT2D eigenvalue weighted by atomic mass is 9.90. The summed E-state index contributed by atoms with van der Waals surface area (Å²) in [6.07, 6.45) is 4.67. The molecule has 0 saturated carbocycles. The van der Waals surface area contributed by atoms with Gasteiger partial charge in [-0.2, -0.15) is 0 Å². The molecule has 0 fully saturated rings. The van der Waals surface area contributed by atoms with Crippen molar-refractivity contribution >= 4 is 28.9 Å². The molecule has 0 saturated heterocycles. The molecule has 1 aromatic heterocycles. The van der Waals surface area contributed by atoms with Crippen LogP contribution in [0.2, 0.25) is 0 Å². The van der Waals surface area contributed by atoms with Crippen LogP contribution in [0.15, 0.2) is 48.0 Å². The third-order valence-electron chi connectivity index (χ3n) is 4.91. The largest absolute Gasteiger partial charge is 0.477 e. The number of hydrogen-bond acceptors (Lipinski definition) is 3. The number of benzene rings is 1. The van der Waals surface area contributed by atoms with Gasteiger partial charge in [0.15, 0.2) is 0 Å². The fourth-order valence-corrected chi connectivity index (χ4v) is 4.39. The summed E-state index contributed by atoms with van der Waals surface area (Å²) in [6.45, 7) is 6.04. The number of thiophene rings is 1. The van der Waals surface area contributed by atoms with Crippen molar-refractivity contribution in [1.82, 2.24) is 0 Å². The summed E-state index contributed by atoms with van der Waals surface area (Å²) in [5.74, 6) is -0.479. The lowest BCUT2D eigenvalue weighted by Crippen LogP contribution is -2.39. The van der Waals surface area contributed by atoms with Crippen LogP contribution in [0.3, 0.4) is 0 Å². The zero-order valence-electron chi connectivity index (χ0n) is 15.9. The second kappa shape index (κ2) is 9.20. The Morgan fingerprint density at radius 2 is 1.89 bits per heavy atom. The Kier molecular flexibility index (Phi) is 7.19. The molecular weight excluding hydrogens is 370 g/mol. The number of carbonyl (C=O) groups excluding carboxylic acids is 1. The maximum atomic E-state index is 13.2. The molecule has 1 aliphatic carbocycles. The molecule has 0 aliphatic heterocycles. The van der Waals surface area contributed by atoms with Gasteiger partial charge in [0.2, 0.25) is 0 Å². The van der Waals surface area contributed by atoms with Crippen molar-refractivity contribution < 1.29 is 14.7 Å². The van der Waals surface area contributed by atoms with Crippen molar-refractivity contribution in [2.75, 3.05) is 4.90 Å². The molecular formula is C23H29NO3S. The van der Waals surface area contributed by atoms with Crippen LogP contribution in [-0.2, 0) is 4.79 Å². The van der Waals surface area contributed by atoms with Crippen molar-refractivity contribution in [2.45, 2.75) is 53.5 Å². The topological polar surface area (TPSA) is 57.6 Å². The van der Waals surface area contributed by atoms with Crippen LogP contribution in [0.5, 0.6) is 0 Å². The molecule has 0 spiro atoms. The molecule has 5 heteroatoms. The SMILES string of the molecule is C.CC(C)N(C(=O)C1=CC[C@@H](C)CC1)c1cc(-c2ccccc2)sc1C(=O)O. The molecule has 4 nitrogen and oxygen atoms in total. The Hall–Kier alpha value is -2.40. The third kappa shape index (κ3) is 4.53.